The number of aromatic nitrogens is 2. The number of hydrogen-bond acceptors (Lipinski definition) is 6. The summed E-state index contributed by atoms with van der Waals surface area (Å²) in [5, 5.41) is 7.80. The van der Waals surface area contributed by atoms with Crippen molar-refractivity contribution in [3.8, 4) is 17.2 Å². The number of ether oxygens (including phenoxy) is 1. The molecule has 1 heterocycles. The van der Waals surface area contributed by atoms with Gasteiger partial charge in [0.05, 0.1) is 12.0 Å². The Morgan fingerprint density at radius 1 is 1.07 bits per heavy atom. The monoisotopic (exact) mass is 385 g/mol. The molecule has 0 saturated heterocycles. The van der Waals surface area contributed by atoms with E-state index in [0.717, 1.165) is 24.8 Å². The molecule has 0 radical (unpaired) electrons. The lowest BCUT2D eigenvalue weighted by Gasteiger charge is -2.08. The van der Waals surface area contributed by atoms with Crippen molar-refractivity contribution in [2.75, 3.05) is 11.8 Å². The number of rotatable bonds is 5. The molecule has 0 atom stereocenters. The van der Waals surface area contributed by atoms with E-state index in [-0.39, 0.29) is 16.8 Å². The van der Waals surface area contributed by atoms with Gasteiger partial charge in [-0.2, -0.15) is 0 Å². The second kappa shape index (κ2) is 6.70. The van der Waals surface area contributed by atoms with Gasteiger partial charge in [-0.3, -0.25) is 0 Å². The van der Waals surface area contributed by atoms with E-state index < -0.39 is 10.0 Å². The summed E-state index contributed by atoms with van der Waals surface area (Å²) in [5.74, 6) is 0.872. The van der Waals surface area contributed by atoms with E-state index in [9.17, 15) is 8.42 Å². The van der Waals surface area contributed by atoms with Crippen LogP contribution in [0.2, 0.25) is 0 Å². The maximum absolute atomic E-state index is 12.6. The minimum atomic E-state index is -3.85. The molecule has 3 aromatic rings. The van der Waals surface area contributed by atoms with Gasteiger partial charge in [0.1, 0.15) is 5.75 Å². The smallest absolute Gasteiger partial charge is 0.330 e. The first-order valence-corrected chi connectivity index (χ1v) is 10.1. The highest BCUT2D eigenvalue weighted by atomic mass is 32.2. The van der Waals surface area contributed by atoms with Crippen LogP contribution in [0.3, 0.4) is 0 Å². The standard InChI is InChI=1S/C19H19N3O4S/c1-12-10-16(25-2)8-9-17(12)27(23,24)22-19-21-20-18(26-19)15-7-6-13-4-3-5-14(13)11-15/h6-11H,3-5H2,1-2H3,(H,21,22). The van der Waals surface area contributed by atoms with Crippen LogP contribution in [0.15, 0.2) is 45.7 Å². The van der Waals surface area contributed by atoms with E-state index in [1.54, 1.807) is 19.1 Å². The number of fused-ring (bicyclic) bond motifs is 1. The van der Waals surface area contributed by atoms with Crippen LogP contribution in [0.25, 0.3) is 11.5 Å². The van der Waals surface area contributed by atoms with E-state index in [1.807, 2.05) is 12.1 Å². The predicted molar refractivity (Wildman–Crippen MR) is 100 cm³/mol. The number of nitrogens with zero attached hydrogens (tertiary/aromatic N) is 2. The Labute approximate surface area is 157 Å². The van der Waals surface area contributed by atoms with Crippen molar-refractivity contribution >= 4 is 16.0 Å². The lowest BCUT2D eigenvalue weighted by atomic mass is 10.1. The van der Waals surface area contributed by atoms with Crippen LogP contribution in [-0.4, -0.2) is 25.7 Å². The SMILES string of the molecule is COc1ccc(S(=O)(=O)Nc2nnc(-c3ccc4c(c3)CCC4)o2)c(C)c1. The molecule has 8 heteroatoms. The Morgan fingerprint density at radius 3 is 2.67 bits per heavy atom. The van der Waals surface area contributed by atoms with E-state index >= 15 is 0 Å². The molecule has 140 valence electrons. The van der Waals surface area contributed by atoms with Gasteiger partial charge < -0.3 is 9.15 Å². The fraction of sp³-hybridized carbons (Fsp3) is 0.263. The van der Waals surface area contributed by atoms with Gasteiger partial charge in [0, 0.05) is 5.56 Å². The summed E-state index contributed by atoms with van der Waals surface area (Å²) in [6, 6.07) is 10.6. The van der Waals surface area contributed by atoms with E-state index in [2.05, 4.69) is 21.0 Å². The van der Waals surface area contributed by atoms with Crippen molar-refractivity contribution in [2.24, 2.45) is 0 Å². The van der Waals surface area contributed by atoms with Crippen LogP contribution < -0.4 is 9.46 Å². The summed E-state index contributed by atoms with van der Waals surface area (Å²) in [7, 11) is -2.32. The second-order valence-electron chi connectivity index (χ2n) is 6.49. The Kier molecular flexibility index (Phi) is 4.35. The third-order valence-electron chi connectivity index (χ3n) is 4.66. The molecule has 0 unspecified atom stereocenters. The number of anilines is 1. The minimum Gasteiger partial charge on any atom is -0.497 e. The topological polar surface area (TPSA) is 94.3 Å². The fourth-order valence-electron chi connectivity index (χ4n) is 3.31. The Bertz CT molecular complexity index is 1110. The number of methoxy groups -OCH3 is 1. The van der Waals surface area contributed by atoms with Crippen LogP contribution in [0, 0.1) is 6.92 Å². The van der Waals surface area contributed by atoms with Gasteiger partial charge in [-0.25, -0.2) is 13.1 Å². The maximum atomic E-state index is 12.6. The Morgan fingerprint density at radius 2 is 1.89 bits per heavy atom. The second-order valence-corrected chi connectivity index (χ2v) is 8.14. The van der Waals surface area contributed by atoms with Crippen LogP contribution in [-0.2, 0) is 22.9 Å². The summed E-state index contributed by atoms with van der Waals surface area (Å²) in [6.45, 7) is 1.70. The molecule has 4 rings (SSSR count). The van der Waals surface area contributed by atoms with Crippen LogP contribution in [0.4, 0.5) is 6.01 Å². The molecule has 0 spiro atoms. The quantitative estimate of drug-likeness (QED) is 0.724. The third kappa shape index (κ3) is 3.40. The summed E-state index contributed by atoms with van der Waals surface area (Å²) in [5.41, 5.74) is 3.96. The minimum absolute atomic E-state index is 0.126. The molecule has 0 bridgehead atoms. The van der Waals surface area contributed by atoms with E-state index in [0.29, 0.717) is 11.3 Å². The highest BCUT2D eigenvalue weighted by molar-refractivity contribution is 7.92. The Hall–Kier alpha value is -2.87. The van der Waals surface area contributed by atoms with Crippen molar-refractivity contribution in [1.82, 2.24) is 10.2 Å². The molecule has 1 aliphatic carbocycles. The number of benzene rings is 2. The van der Waals surface area contributed by atoms with Crippen molar-refractivity contribution < 1.29 is 17.6 Å². The lowest BCUT2D eigenvalue weighted by molar-refractivity contribution is 0.414. The first-order chi connectivity index (χ1) is 13.0. The molecule has 27 heavy (non-hydrogen) atoms. The zero-order chi connectivity index (χ0) is 19.0. The average molecular weight is 385 g/mol. The van der Waals surface area contributed by atoms with Crippen molar-refractivity contribution in [2.45, 2.75) is 31.1 Å². The Balaban J connectivity index is 1.59. The van der Waals surface area contributed by atoms with Gasteiger partial charge >= 0.3 is 6.01 Å². The molecule has 0 aliphatic heterocycles. The van der Waals surface area contributed by atoms with Gasteiger partial charge in [-0.05, 0) is 73.2 Å². The number of aryl methyl sites for hydroxylation is 3. The molecule has 0 amide bonds. The lowest BCUT2D eigenvalue weighted by Crippen LogP contribution is -2.14. The zero-order valence-electron chi connectivity index (χ0n) is 15.0. The molecule has 1 aliphatic rings. The van der Waals surface area contributed by atoms with Crippen molar-refractivity contribution in [3.05, 3.63) is 53.1 Å². The molecule has 1 N–H and O–H groups in total. The fourth-order valence-corrected chi connectivity index (χ4v) is 4.46. The van der Waals surface area contributed by atoms with Gasteiger partial charge in [-0.15, -0.1) is 5.10 Å². The first kappa shape index (κ1) is 17.5. The maximum Gasteiger partial charge on any atom is 0.330 e. The predicted octanol–water partition coefficient (Wildman–Crippen LogP) is 3.34. The summed E-state index contributed by atoms with van der Waals surface area (Å²) in [4.78, 5) is 0.126. The summed E-state index contributed by atoms with van der Waals surface area (Å²) >= 11 is 0. The third-order valence-corrected chi connectivity index (χ3v) is 6.14. The van der Waals surface area contributed by atoms with E-state index in [4.69, 9.17) is 9.15 Å². The van der Waals surface area contributed by atoms with Crippen LogP contribution in [0.1, 0.15) is 23.1 Å². The van der Waals surface area contributed by atoms with Crippen molar-refractivity contribution in [1.29, 1.82) is 0 Å². The first-order valence-electron chi connectivity index (χ1n) is 8.59. The van der Waals surface area contributed by atoms with Crippen molar-refractivity contribution in [3.63, 3.8) is 0 Å². The largest absolute Gasteiger partial charge is 0.497 e. The molecular weight excluding hydrogens is 366 g/mol. The number of nitrogens with one attached hydrogen (secondary N) is 1. The molecule has 0 saturated carbocycles. The summed E-state index contributed by atoms with van der Waals surface area (Å²) in [6.07, 6.45) is 3.27. The van der Waals surface area contributed by atoms with Gasteiger partial charge in [0.2, 0.25) is 5.89 Å². The van der Waals surface area contributed by atoms with Crippen LogP contribution >= 0.6 is 0 Å². The van der Waals surface area contributed by atoms with Gasteiger partial charge in [0.25, 0.3) is 10.0 Å². The van der Waals surface area contributed by atoms with Crippen LogP contribution in [0.5, 0.6) is 5.75 Å². The molecular formula is C19H19N3O4S. The average Bonchev–Trinajstić information content (AvgIpc) is 3.29. The molecule has 2 aromatic carbocycles. The number of sulfonamides is 1. The highest BCUT2D eigenvalue weighted by Crippen LogP contribution is 2.29. The highest BCUT2D eigenvalue weighted by Gasteiger charge is 2.21. The van der Waals surface area contributed by atoms with Gasteiger partial charge in [0.15, 0.2) is 0 Å². The molecule has 0 fully saturated rings. The summed E-state index contributed by atoms with van der Waals surface area (Å²) < 4.78 is 38.3. The number of hydrogen-bond donors (Lipinski definition) is 1. The van der Waals surface area contributed by atoms with Gasteiger partial charge in [-0.1, -0.05) is 11.2 Å². The normalized spacial score (nSPS) is 13.4. The molecule has 7 nitrogen and oxygen atoms in total. The van der Waals surface area contributed by atoms with E-state index in [1.165, 1.54) is 24.3 Å². The molecule has 1 aromatic heterocycles. The zero-order valence-corrected chi connectivity index (χ0v) is 15.8.